The lowest BCUT2D eigenvalue weighted by Crippen LogP contribution is -1.97. The third kappa shape index (κ3) is 2.40. The van der Waals surface area contributed by atoms with E-state index >= 15 is 0 Å². The molecule has 0 heterocycles. The molecule has 0 aromatic heterocycles. The van der Waals surface area contributed by atoms with Crippen LogP contribution in [0.5, 0.6) is 0 Å². The molecule has 0 aliphatic carbocycles. The maximum Gasteiger partial charge on any atom is 0.335 e. The number of halogens is 1. The minimum Gasteiger partial charge on any atom is -0.478 e. The molecule has 0 bridgehead atoms. The molecule has 2 aromatic carbocycles. The molecule has 92 valence electrons. The lowest BCUT2D eigenvalue weighted by molar-refractivity contribution is 0.0697. The quantitative estimate of drug-likeness (QED) is 0.872. The van der Waals surface area contributed by atoms with Gasteiger partial charge in [-0.3, -0.25) is 0 Å². The largest absolute Gasteiger partial charge is 0.478 e. The number of carboxylic acids is 1. The van der Waals surface area contributed by atoms with E-state index in [-0.39, 0.29) is 11.4 Å². The SMILES string of the molecule is Cc1cc(C(=O)O)cc(-c2ccc(F)cc2C)c1. The number of rotatable bonds is 2. The van der Waals surface area contributed by atoms with E-state index in [2.05, 4.69) is 0 Å². The predicted octanol–water partition coefficient (Wildman–Crippen LogP) is 3.81. The molecular formula is C15H13FO2. The Balaban J connectivity index is 2.60. The van der Waals surface area contributed by atoms with Gasteiger partial charge in [-0.15, -0.1) is 0 Å². The van der Waals surface area contributed by atoms with Crippen molar-refractivity contribution in [3.8, 4) is 11.1 Å². The van der Waals surface area contributed by atoms with Crippen LogP contribution in [0.2, 0.25) is 0 Å². The van der Waals surface area contributed by atoms with Crippen molar-refractivity contribution in [3.63, 3.8) is 0 Å². The molecule has 0 saturated carbocycles. The summed E-state index contributed by atoms with van der Waals surface area (Å²) in [5, 5.41) is 9.03. The van der Waals surface area contributed by atoms with Crippen molar-refractivity contribution in [3.05, 3.63) is 58.9 Å². The summed E-state index contributed by atoms with van der Waals surface area (Å²) in [6, 6.07) is 9.61. The number of carboxylic acid groups (broad SMARTS) is 1. The third-order valence-corrected chi connectivity index (χ3v) is 2.82. The molecule has 0 fully saturated rings. The Labute approximate surface area is 105 Å². The van der Waals surface area contributed by atoms with Crippen LogP contribution in [0.1, 0.15) is 21.5 Å². The second kappa shape index (κ2) is 4.61. The number of benzene rings is 2. The molecule has 0 spiro atoms. The lowest BCUT2D eigenvalue weighted by atomic mass is 9.97. The van der Waals surface area contributed by atoms with E-state index in [0.717, 1.165) is 22.3 Å². The van der Waals surface area contributed by atoms with E-state index < -0.39 is 5.97 Å². The summed E-state index contributed by atoms with van der Waals surface area (Å²) in [7, 11) is 0. The van der Waals surface area contributed by atoms with Crippen LogP contribution >= 0.6 is 0 Å². The summed E-state index contributed by atoms with van der Waals surface area (Å²) in [6.07, 6.45) is 0. The highest BCUT2D eigenvalue weighted by Crippen LogP contribution is 2.26. The van der Waals surface area contributed by atoms with Gasteiger partial charge in [0.25, 0.3) is 0 Å². The number of hydrogen-bond acceptors (Lipinski definition) is 1. The maximum absolute atomic E-state index is 13.1. The highest BCUT2D eigenvalue weighted by Gasteiger charge is 2.09. The summed E-state index contributed by atoms with van der Waals surface area (Å²) in [6.45, 7) is 3.65. The topological polar surface area (TPSA) is 37.3 Å². The molecular weight excluding hydrogens is 231 g/mol. The molecule has 0 amide bonds. The third-order valence-electron chi connectivity index (χ3n) is 2.82. The van der Waals surface area contributed by atoms with E-state index in [0.29, 0.717) is 0 Å². The van der Waals surface area contributed by atoms with Gasteiger partial charge in [-0.25, -0.2) is 9.18 Å². The van der Waals surface area contributed by atoms with Crippen molar-refractivity contribution in [2.24, 2.45) is 0 Å². The Hall–Kier alpha value is -2.16. The average molecular weight is 244 g/mol. The minimum atomic E-state index is -0.959. The first-order valence-electron chi connectivity index (χ1n) is 5.59. The molecule has 0 aliphatic heterocycles. The fourth-order valence-corrected chi connectivity index (χ4v) is 2.01. The van der Waals surface area contributed by atoms with Crippen LogP contribution in [0.25, 0.3) is 11.1 Å². The van der Waals surface area contributed by atoms with Crippen LogP contribution in [-0.4, -0.2) is 11.1 Å². The number of carbonyl (C=O) groups is 1. The van der Waals surface area contributed by atoms with Gasteiger partial charge in [-0.05, 0) is 60.4 Å². The summed E-state index contributed by atoms with van der Waals surface area (Å²) in [5.74, 6) is -1.25. The zero-order chi connectivity index (χ0) is 13.3. The fraction of sp³-hybridized carbons (Fsp3) is 0.133. The molecule has 0 atom stereocenters. The summed E-state index contributed by atoms with van der Waals surface area (Å²) in [5.41, 5.74) is 3.55. The normalized spacial score (nSPS) is 10.4. The average Bonchev–Trinajstić information content (AvgIpc) is 2.27. The van der Waals surface area contributed by atoms with E-state index in [9.17, 15) is 9.18 Å². The molecule has 18 heavy (non-hydrogen) atoms. The summed E-state index contributed by atoms with van der Waals surface area (Å²) < 4.78 is 13.1. The van der Waals surface area contributed by atoms with Gasteiger partial charge in [-0.2, -0.15) is 0 Å². The van der Waals surface area contributed by atoms with E-state index in [4.69, 9.17) is 5.11 Å². The van der Waals surface area contributed by atoms with Gasteiger partial charge in [-0.1, -0.05) is 12.1 Å². The smallest absolute Gasteiger partial charge is 0.335 e. The van der Waals surface area contributed by atoms with Gasteiger partial charge in [0.15, 0.2) is 0 Å². The zero-order valence-corrected chi connectivity index (χ0v) is 10.2. The minimum absolute atomic E-state index is 0.244. The maximum atomic E-state index is 13.1. The van der Waals surface area contributed by atoms with Crippen molar-refractivity contribution in [1.29, 1.82) is 0 Å². The second-order valence-corrected chi connectivity index (χ2v) is 4.35. The molecule has 2 aromatic rings. The van der Waals surface area contributed by atoms with Gasteiger partial charge < -0.3 is 5.11 Å². The van der Waals surface area contributed by atoms with Crippen molar-refractivity contribution in [2.45, 2.75) is 13.8 Å². The molecule has 2 rings (SSSR count). The Kier molecular flexibility index (Phi) is 3.15. The van der Waals surface area contributed by atoms with Gasteiger partial charge in [0, 0.05) is 0 Å². The molecule has 0 unspecified atom stereocenters. The van der Waals surface area contributed by atoms with Crippen molar-refractivity contribution >= 4 is 5.97 Å². The van der Waals surface area contributed by atoms with Gasteiger partial charge in [0.1, 0.15) is 5.82 Å². The van der Waals surface area contributed by atoms with E-state index in [1.54, 1.807) is 25.1 Å². The number of hydrogen-bond donors (Lipinski definition) is 1. The highest BCUT2D eigenvalue weighted by molar-refractivity contribution is 5.90. The first kappa shape index (κ1) is 12.3. The first-order valence-corrected chi connectivity index (χ1v) is 5.59. The Morgan fingerprint density at radius 2 is 1.83 bits per heavy atom. The molecule has 2 nitrogen and oxygen atoms in total. The van der Waals surface area contributed by atoms with E-state index in [1.165, 1.54) is 12.1 Å². The zero-order valence-electron chi connectivity index (χ0n) is 10.2. The molecule has 0 radical (unpaired) electrons. The van der Waals surface area contributed by atoms with Crippen LogP contribution in [-0.2, 0) is 0 Å². The Bertz CT molecular complexity index is 618. The molecule has 0 saturated heterocycles. The van der Waals surface area contributed by atoms with Gasteiger partial charge in [0.2, 0.25) is 0 Å². The predicted molar refractivity (Wildman–Crippen MR) is 68.3 cm³/mol. The van der Waals surface area contributed by atoms with Crippen molar-refractivity contribution in [2.75, 3.05) is 0 Å². The van der Waals surface area contributed by atoms with Gasteiger partial charge >= 0.3 is 5.97 Å². The number of aryl methyl sites for hydroxylation is 2. The first-order chi connectivity index (χ1) is 8.47. The van der Waals surface area contributed by atoms with Crippen LogP contribution in [0.4, 0.5) is 4.39 Å². The van der Waals surface area contributed by atoms with E-state index in [1.807, 2.05) is 13.0 Å². The van der Waals surface area contributed by atoms with Gasteiger partial charge in [0.05, 0.1) is 5.56 Å². The summed E-state index contributed by atoms with van der Waals surface area (Å²) >= 11 is 0. The molecule has 0 aliphatic rings. The van der Waals surface area contributed by atoms with Crippen LogP contribution < -0.4 is 0 Å². The molecule has 1 N–H and O–H groups in total. The van der Waals surface area contributed by atoms with Crippen LogP contribution in [0, 0.1) is 19.7 Å². The lowest BCUT2D eigenvalue weighted by Gasteiger charge is -2.08. The Morgan fingerprint density at radius 3 is 2.44 bits per heavy atom. The van der Waals surface area contributed by atoms with Crippen LogP contribution in [0.15, 0.2) is 36.4 Å². The van der Waals surface area contributed by atoms with Crippen LogP contribution in [0.3, 0.4) is 0 Å². The molecule has 3 heteroatoms. The van der Waals surface area contributed by atoms with Crippen molar-refractivity contribution in [1.82, 2.24) is 0 Å². The highest BCUT2D eigenvalue weighted by atomic mass is 19.1. The van der Waals surface area contributed by atoms with Crippen molar-refractivity contribution < 1.29 is 14.3 Å². The summed E-state index contributed by atoms with van der Waals surface area (Å²) in [4.78, 5) is 11.0. The Morgan fingerprint density at radius 1 is 1.11 bits per heavy atom. The second-order valence-electron chi connectivity index (χ2n) is 4.35. The standard InChI is InChI=1S/C15H13FO2/c1-9-5-11(8-12(6-9)15(17)18)14-4-3-13(16)7-10(14)2/h3-8H,1-2H3,(H,17,18). The fourth-order valence-electron chi connectivity index (χ4n) is 2.01. The monoisotopic (exact) mass is 244 g/mol. The number of aromatic carboxylic acids is 1.